The lowest BCUT2D eigenvalue weighted by molar-refractivity contribution is -0.117. The maximum atomic E-state index is 12.0. The fraction of sp³-hybridized carbons (Fsp3) is 0.333. The molecule has 2 amide bonds. The van der Waals surface area contributed by atoms with E-state index in [-0.39, 0.29) is 24.4 Å². The Balaban J connectivity index is 2.60. The molecule has 0 aliphatic heterocycles. The molecule has 0 spiro atoms. The first kappa shape index (κ1) is 18.6. The monoisotopic (exact) mass is 315 g/mol. The third-order valence-electron chi connectivity index (χ3n) is 2.99. The number of nitrogens with one attached hydrogen (secondary N) is 2. The molecule has 0 aliphatic carbocycles. The van der Waals surface area contributed by atoms with Gasteiger partial charge in [-0.2, -0.15) is 0 Å². The van der Waals surface area contributed by atoms with Gasteiger partial charge in [-0.3, -0.25) is 14.5 Å². The van der Waals surface area contributed by atoms with E-state index in [4.69, 9.17) is 0 Å². The molecule has 0 aromatic heterocycles. The van der Waals surface area contributed by atoms with Gasteiger partial charge in [-0.25, -0.2) is 0 Å². The number of anilines is 1. The van der Waals surface area contributed by atoms with Crippen LogP contribution in [0.1, 0.15) is 24.2 Å². The summed E-state index contributed by atoms with van der Waals surface area (Å²) in [4.78, 5) is 25.8. The minimum atomic E-state index is -0.124. The Morgan fingerprint density at radius 3 is 2.17 bits per heavy atom. The molecular weight excluding hydrogens is 290 g/mol. The van der Waals surface area contributed by atoms with Gasteiger partial charge >= 0.3 is 0 Å². The van der Waals surface area contributed by atoms with Crippen molar-refractivity contribution in [2.75, 3.05) is 25.0 Å². The summed E-state index contributed by atoms with van der Waals surface area (Å²) in [6, 6.07) is 6.91. The van der Waals surface area contributed by atoms with Crippen molar-refractivity contribution in [1.29, 1.82) is 0 Å². The molecule has 2 N–H and O–H groups in total. The predicted molar refractivity (Wildman–Crippen MR) is 94.5 cm³/mol. The molecule has 0 radical (unpaired) electrons. The maximum absolute atomic E-state index is 12.0. The minimum Gasteiger partial charge on any atom is -0.350 e. The Bertz CT molecular complexity index is 540. The SMILES string of the molecule is C=CCN(CC=C)CC(=O)Nc1ccc(C(=O)NC(C)C)cc1. The molecule has 124 valence electrons. The molecule has 0 aliphatic rings. The van der Waals surface area contributed by atoms with Crippen LogP contribution in [0, 0.1) is 0 Å². The fourth-order valence-corrected chi connectivity index (χ4v) is 2.02. The van der Waals surface area contributed by atoms with Crippen molar-refractivity contribution in [2.24, 2.45) is 0 Å². The van der Waals surface area contributed by atoms with Crippen molar-refractivity contribution in [3.63, 3.8) is 0 Å². The van der Waals surface area contributed by atoms with Gasteiger partial charge in [-0.1, -0.05) is 12.2 Å². The van der Waals surface area contributed by atoms with Gasteiger partial charge in [0.2, 0.25) is 5.91 Å². The van der Waals surface area contributed by atoms with E-state index in [0.717, 1.165) is 0 Å². The van der Waals surface area contributed by atoms with Crippen molar-refractivity contribution in [1.82, 2.24) is 10.2 Å². The summed E-state index contributed by atoms with van der Waals surface area (Å²) >= 11 is 0. The van der Waals surface area contributed by atoms with Crippen LogP contribution >= 0.6 is 0 Å². The largest absolute Gasteiger partial charge is 0.350 e. The average Bonchev–Trinajstić information content (AvgIpc) is 2.47. The molecule has 0 unspecified atom stereocenters. The van der Waals surface area contributed by atoms with Crippen molar-refractivity contribution >= 4 is 17.5 Å². The van der Waals surface area contributed by atoms with Crippen LogP contribution in [0.15, 0.2) is 49.6 Å². The molecular formula is C18H25N3O2. The number of nitrogens with zero attached hydrogens (tertiary/aromatic N) is 1. The molecule has 1 rings (SSSR count). The fourth-order valence-electron chi connectivity index (χ4n) is 2.02. The Labute approximate surface area is 138 Å². The Morgan fingerprint density at radius 2 is 1.70 bits per heavy atom. The highest BCUT2D eigenvalue weighted by atomic mass is 16.2. The Kier molecular flexibility index (Phi) is 7.77. The van der Waals surface area contributed by atoms with Gasteiger partial charge in [-0.05, 0) is 38.1 Å². The lowest BCUT2D eigenvalue weighted by Crippen LogP contribution is -2.33. The third kappa shape index (κ3) is 6.93. The molecule has 0 saturated carbocycles. The van der Waals surface area contributed by atoms with E-state index in [1.165, 1.54) is 0 Å². The van der Waals surface area contributed by atoms with Gasteiger partial charge in [0.1, 0.15) is 0 Å². The highest BCUT2D eigenvalue weighted by Crippen LogP contribution is 2.10. The first-order valence-corrected chi connectivity index (χ1v) is 7.61. The van der Waals surface area contributed by atoms with Crippen LogP contribution in [-0.4, -0.2) is 42.4 Å². The van der Waals surface area contributed by atoms with Gasteiger partial charge < -0.3 is 10.6 Å². The molecule has 0 bridgehead atoms. The van der Waals surface area contributed by atoms with Crippen LogP contribution in [0.25, 0.3) is 0 Å². The van der Waals surface area contributed by atoms with E-state index in [1.54, 1.807) is 36.4 Å². The van der Waals surface area contributed by atoms with E-state index in [2.05, 4.69) is 23.8 Å². The molecule has 0 heterocycles. The predicted octanol–water partition coefficient (Wildman–Crippen LogP) is 2.44. The van der Waals surface area contributed by atoms with Crippen molar-refractivity contribution < 1.29 is 9.59 Å². The van der Waals surface area contributed by atoms with Gasteiger partial charge in [0.15, 0.2) is 0 Å². The second-order valence-electron chi connectivity index (χ2n) is 5.53. The van der Waals surface area contributed by atoms with Crippen molar-refractivity contribution in [3.8, 4) is 0 Å². The van der Waals surface area contributed by atoms with Gasteiger partial charge in [-0.15, -0.1) is 13.2 Å². The Morgan fingerprint density at radius 1 is 1.13 bits per heavy atom. The molecule has 1 aromatic carbocycles. The van der Waals surface area contributed by atoms with E-state index >= 15 is 0 Å². The van der Waals surface area contributed by atoms with Gasteiger partial charge in [0.25, 0.3) is 5.91 Å². The molecule has 0 fully saturated rings. The summed E-state index contributed by atoms with van der Waals surface area (Å²) in [5.41, 5.74) is 1.23. The number of rotatable bonds is 9. The van der Waals surface area contributed by atoms with Crippen LogP contribution in [0.5, 0.6) is 0 Å². The molecule has 5 heteroatoms. The lowest BCUT2D eigenvalue weighted by Gasteiger charge is -2.18. The third-order valence-corrected chi connectivity index (χ3v) is 2.99. The summed E-state index contributed by atoms with van der Waals surface area (Å²) in [6.07, 6.45) is 3.50. The standard InChI is InChI=1S/C18H25N3O2/c1-5-11-21(12-6-2)13-17(22)20-16-9-7-15(8-10-16)18(23)19-14(3)4/h5-10,14H,1-2,11-13H2,3-4H3,(H,19,23)(H,20,22). The maximum Gasteiger partial charge on any atom is 0.251 e. The second kappa shape index (κ2) is 9.58. The first-order valence-electron chi connectivity index (χ1n) is 7.61. The lowest BCUT2D eigenvalue weighted by atomic mass is 10.2. The quantitative estimate of drug-likeness (QED) is 0.688. The van der Waals surface area contributed by atoms with Gasteiger partial charge in [0.05, 0.1) is 6.54 Å². The zero-order valence-electron chi connectivity index (χ0n) is 13.8. The number of hydrogen-bond donors (Lipinski definition) is 2. The number of amides is 2. The van der Waals surface area contributed by atoms with Crippen LogP contribution in [0.2, 0.25) is 0 Å². The van der Waals surface area contributed by atoms with E-state index < -0.39 is 0 Å². The Hall–Kier alpha value is -2.40. The second-order valence-corrected chi connectivity index (χ2v) is 5.53. The van der Waals surface area contributed by atoms with E-state index in [0.29, 0.717) is 24.3 Å². The smallest absolute Gasteiger partial charge is 0.251 e. The summed E-state index contributed by atoms with van der Waals surface area (Å²) in [7, 11) is 0. The van der Waals surface area contributed by atoms with E-state index in [1.807, 2.05) is 18.7 Å². The first-order chi connectivity index (χ1) is 11.0. The molecule has 23 heavy (non-hydrogen) atoms. The highest BCUT2D eigenvalue weighted by Gasteiger charge is 2.10. The van der Waals surface area contributed by atoms with Gasteiger partial charge in [0, 0.05) is 30.4 Å². The molecule has 0 atom stereocenters. The summed E-state index contributed by atoms with van der Waals surface area (Å²) in [5, 5.41) is 5.64. The zero-order valence-corrected chi connectivity index (χ0v) is 13.8. The molecule has 5 nitrogen and oxygen atoms in total. The van der Waals surface area contributed by atoms with Crippen LogP contribution in [-0.2, 0) is 4.79 Å². The zero-order chi connectivity index (χ0) is 17.2. The molecule has 1 aromatic rings. The number of carbonyl (C=O) groups excluding carboxylic acids is 2. The number of benzene rings is 1. The van der Waals surface area contributed by atoms with Crippen LogP contribution in [0.3, 0.4) is 0 Å². The van der Waals surface area contributed by atoms with Crippen molar-refractivity contribution in [2.45, 2.75) is 19.9 Å². The van der Waals surface area contributed by atoms with Crippen LogP contribution < -0.4 is 10.6 Å². The summed E-state index contributed by atoms with van der Waals surface area (Å²) < 4.78 is 0. The normalized spacial score (nSPS) is 10.4. The summed E-state index contributed by atoms with van der Waals surface area (Å²) in [5.74, 6) is -0.242. The highest BCUT2D eigenvalue weighted by molar-refractivity contribution is 5.96. The van der Waals surface area contributed by atoms with Crippen LogP contribution in [0.4, 0.5) is 5.69 Å². The minimum absolute atomic E-state index is 0.0857. The average molecular weight is 315 g/mol. The summed E-state index contributed by atoms with van der Waals surface area (Å²) in [6.45, 7) is 12.7. The number of carbonyl (C=O) groups is 2. The van der Waals surface area contributed by atoms with E-state index in [9.17, 15) is 9.59 Å². The molecule has 0 saturated heterocycles. The number of hydrogen-bond acceptors (Lipinski definition) is 3. The van der Waals surface area contributed by atoms with Crippen molar-refractivity contribution in [3.05, 3.63) is 55.1 Å². The topological polar surface area (TPSA) is 61.4 Å².